The Morgan fingerprint density at radius 1 is 1.35 bits per heavy atom. The lowest BCUT2D eigenvalue weighted by molar-refractivity contribution is 0.324. The smallest absolute Gasteiger partial charge is 0.119 e. The van der Waals surface area contributed by atoms with Gasteiger partial charge in [-0.25, -0.2) is 4.98 Å². The summed E-state index contributed by atoms with van der Waals surface area (Å²) in [6.07, 6.45) is 10.4. The minimum absolute atomic E-state index is 0.290. The molecule has 0 radical (unpaired) electrons. The van der Waals surface area contributed by atoms with Gasteiger partial charge in [0.25, 0.3) is 0 Å². The van der Waals surface area contributed by atoms with Gasteiger partial charge in [0.1, 0.15) is 5.03 Å². The van der Waals surface area contributed by atoms with Gasteiger partial charge in [0.15, 0.2) is 0 Å². The van der Waals surface area contributed by atoms with Gasteiger partial charge in [-0.15, -0.1) is 11.8 Å². The second-order valence-electron chi connectivity index (χ2n) is 4.45. The van der Waals surface area contributed by atoms with Crippen LogP contribution >= 0.6 is 11.8 Å². The third kappa shape index (κ3) is 3.40. The molecule has 1 fully saturated rings. The molecule has 2 atom stereocenters. The van der Waals surface area contributed by atoms with E-state index in [0.717, 1.165) is 23.7 Å². The SMILES string of the molecule is CSc1nccnc1CNC1CCCCC1N. The molecule has 0 saturated heterocycles. The zero-order valence-corrected chi connectivity index (χ0v) is 11.0. The van der Waals surface area contributed by atoms with Gasteiger partial charge in [-0.05, 0) is 19.1 Å². The largest absolute Gasteiger partial charge is 0.326 e. The van der Waals surface area contributed by atoms with E-state index >= 15 is 0 Å². The molecule has 0 bridgehead atoms. The molecule has 1 aromatic rings. The predicted molar refractivity (Wildman–Crippen MR) is 70.9 cm³/mol. The van der Waals surface area contributed by atoms with Crippen LogP contribution in [0.1, 0.15) is 31.4 Å². The summed E-state index contributed by atoms with van der Waals surface area (Å²) in [5.74, 6) is 0. The third-order valence-electron chi connectivity index (χ3n) is 3.28. The first-order chi connectivity index (χ1) is 8.31. The number of nitrogens with one attached hydrogen (secondary N) is 1. The Bertz CT molecular complexity index is 358. The van der Waals surface area contributed by atoms with Crippen molar-refractivity contribution in [3.8, 4) is 0 Å². The summed E-state index contributed by atoms with van der Waals surface area (Å²) in [4.78, 5) is 8.68. The zero-order valence-electron chi connectivity index (χ0n) is 10.2. The highest BCUT2D eigenvalue weighted by molar-refractivity contribution is 7.98. The second kappa shape index (κ2) is 6.33. The van der Waals surface area contributed by atoms with Crippen LogP contribution in [0.3, 0.4) is 0 Å². The van der Waals surface area contributed by atoms with Crippen LogP contribution in [0.2, 0.25) is 0 Å². The molecule has 0 spiro atoms. The van der Waals surface area contributed by atoms with Gasteiger partial charge >= 0.3 is 0 Å². The summed E-state index contributed by atoms with van der Waals surface area (Å²) in [6, 6.07) is 0.721. The van der Waals surface area contributed by atoms with E-state index in [2.05, 4.69) is 15.3 Å². The van der Waals surface area contributed by atoms with Gasteiger partial charge in [0.05, 0.1) is 5.69 Å². The molecule has 0 amide bonds. The van der Waals surface area contributed by atoms with Gasteiger partial charge in [0, 0.05) is 31.0 Å². The van der Waals surface area contributed by atoms with Crippen LogP contribution in [0.25, 0.3) is 0 Å². The maximum atomic E-state index is 6.11. The highest BCUT2D eigenvalue weighted by Crippen LogP contribution is 2.18. The van der Waals surface area contributed by atoms with E-state index in [0.29, 0.717) is 6.04 Å². The highest BCUT2D eigenvalue weighted by Gasteiger charge is 2.21. The number of nitrogens with zero attached hydrogens (tertiary/aromatic N) is 2. The standard InChI is InChI=1S/C12H20N4S/c1-17-12-11(14-6-7-15-12)8-16-10-5-3-2-4-9(10)13/h6-7,9-10,16H,2-5,8,13H2,1H3. The molecule has 1 heterocycles. The van der Waals surface area contributed by atoms with Crippen LogP contribution < -0.4 is 11.1 Å². The second-order valence-corrected chi connectivity index (χ2v) is 5.24. The molecule has 1 aromatic heterocycles. The minimum atomic E-state index is 0.290. The number of hydrogen-bond acceptors (Lipinski definition) is 5. The fraction of sp³-hybridized carbons (Fsp3) is 0.667. The van der Waals surface area contributed by atoms with Crippen LogP contribution in [-0.4, -0.2) is 28.3 Å². The van der Waals surface area contributed by atoms with Crippen molar-refractivity contribution in [1.82, 2.24) is 15.3 Å². The van der Waals surface area contributed by atoms with Gasteiger partial charge in [-0.3, -0.25) is 4.98 Å². The summed E-state index contributed by atoms with van der Waals surface area (Å²) in [5.41, 5.74) is 7.14. The van der Waals surface area contributed by atoms with Crippen LogP contribution in [-0.2, 0) is 6.54 Å². The fourth-order valence-electron chi connectivity index (χ4n) is 2.29. The Labute approximate surface area is 107 Å². The summed E-state index contributed by atoms with van der Waals surface area (Å²) >= 11 is 1.64. The molecular weight excluding hydrogens is 232 g/mol. The Morgan fingerprint density at radius 3 is 2.88 bits per heavy atom. The average Bonchev–Trinajstić information content (AvgIpc) is 2.38. The van der Waals surface area contributed by atoms with E-state index in [-0.39, 0.29) is 6.04 Å². The molecule has 94 valence electrons. The molecule has 1 aliphatic carbocycles. The van der Waals surface area contributed by atoms with Gasteiger partial charge < -0.3 is 11.1 Å². The summed E-state index contributed by atoms with van der Waals surface area (Å²) in [7, 11) is 0. The van der Waals surface area contributed by atoms with E-state index in [1.165, 1.54) is 19.3 Å². The summed E-state index contributed by atoms with van der Waals surface area (Å²) in [6.45, 7) is 0.766. The van der Waals surface area contributed by atoms with Crippen LogP contribution in [0.5, 0.6) is 0 Å². The number of rotatable bonds is 4. The number of nitrogens with two attached hydrogens (primary N) is 1. The first-order valence-corrected chi connectivity index (χ1v) is 7.36. The van der Waals surface area contributed by atoms with Crippen LogP contribution in [0, 0.1) is 0 Å². The van der Waals surface area contributed by atoms with Crippen molar-refractivity contribution in [3.63, 3.8) is 0 Å². The van der Waals surface area contributed by atoms with Crippen molar-refractivity contribution in [2.75, 3.05) is 6.26 Å². The number of aromatic nitrogens is 2. The first-order valence-electron chi connectivity index (χ1n) is 6.14. The van der Waals surface area contributed by atoms with E-state index < -0.39 is 0 Å². The topological polar surface area (TPSA) is 63.8 Å². The first kappa shape index (κ1) is 12.8. The van der Waals surface area contributed by atoms with Gasteiger partial charge in [-0.2, -0.15) is 0 Å². The van der Waals surface area contributed by atoms with E-state index in [4.69, 9.17) is 5.73 Å². The van der Waals surface area contributed by atoms with Crippen LogP contribution in [0.15, 0.2) is 17.4 Å². The molecule has 3 N–H and O–H groups in total. The Kier molecular flexibility index (Phi) is 4.76. The van der Waals surface area contributed by atoms with E-state index in [1.54, 1.807) is 24.2 Å². The monoisotopic (exact) mass is 252 g/mol. The Balaban J connectivity index is 1.92. The lowest BCUT2D eigenvalue weighted by atomic mass is 9.91. The number of thioether (sulfide) groups is 1. The van der Waals surface area contributed by atoms with Crippen molar-refractivity contribution in [2.24, 2.45) is 5.73 Å². The van der Waals surface area contributed by atoms with Gasteiger partial charge in [0.2, 0.25) is 0 Å². The van der Waals surface area contributed by atoms with E-state index in [1.807, 2.05) is 6.26 Å². The van der Waals surface area contributed by atoms with Crippen molar-refractivity contribution in [2.45, 2.75) is 49.3 Å². The molecule has 17 heavy (non-hydrogen) atoms. The normalized spacial score (nSPS) is 24.8. The molecule has 4 nitrogen and oxygen atoms in total. The summed E-state index contributed by atoms with van der Waals surface area (Å²) < 4.78 is 0. The molecule has 0 aliphatic heterocycles. The maximum Gasteiger partial charge on any atom is 0.119 e. The fourth-order valence-corrected chi connectivity index (χ4v) is 2.81. The van der Waals surface area contributed by atoms with Gasteiger partial charge in [-0.1, -0.05) is 12.8 Å². The zero-order chi connectivity index (χ0) is 12.1. The van der Waals surface area contributed by atoms with Crippen molar-refractivity contribution in [1.29, 1.82) is 0 Å². The minimum Gasteiger partial charge on any atom is -0.326 e. The van der Waals surface area contributed by atoms with Crippen LogP contribution in [0.4, 0.5) is 0 Å². The quantitative estimate of drug-likeness (QED) is 0.796. The van der Waals surface area contributed by atoms with E-state index in [9.17, 15) is 0 Å². The lowest BCUT2D eigenvalue weighted by Crippen LogP contribution is -2.46. The molecular formula is C12H20N4S. The third-order valence-corrected chi connectivity index (χ3v) is 4.01. The predicted octanol–water partition coefficient (Wildman–Crippen LogP) is 1.56. The van der Waals surface area contributed by atoms with Crippen molar-refractivity contribution >= 4 is 11.8 Å². The molecule has 1 saturated carbocycles. The molecule has 0 aromatic carbocycles. The molecule has 2 rings (SSSR count). The molecule has 5 heteroatoms. The van der Waals surface area contributed by atoms with Crippen molar-refractivity contribution in [3.05, 3.63) is 18.1 Å². The maximum absolute atomic E-state index is 6.11. The molecule has 1 aliphatic rings. The highest BCUT2D eigenvalue weighted by atomic mass is 32.2. The Morgan fingerprint density at radius 2 is 2.12 bits per heavy atom. The number of hydrogen-bond donors (Lipinski definition) is 2. The summed E-state index contributed by atoms with van der Waals surface area (Å²) in [5, 5.41) is 4.53. The average molecular weight is 252 g/mol. The Hall–Kier alpha value is -0.650. The van der Waals surface area contributed by atoms with Crippen molar-refractivity contribution < 1.29 is 0 Å². The molecule has 2 unspecified atom stereocenters. The lowest BCUT2D eigenvalue weighted by Gasteiger charge is -2.29.